The van der Waals surface area contributed by atoms with Crippen LogP contribution in [-0.4, -0.2) is 33.0 Å². The summed E-state index contributed by atoms with van der Waals surface area (Å²) in [5.74, 6) is 0.149. The van der Waals surface area contributed by atoms with E-state index in [1.54, 1.807) is 24.3 Å². The van der Waals surface area contributed by atoms with Crippen LogP contribution in [0.2, 0.25) is 5.15 Å². The first kappa shape index (κ1) is 13.3. The number of anilines is 1. The summed E-state index contributed by atoms with van der Waals surface area (Å²) >= 11 is 5.99. The molecule has 0 atom stereocenters. The van der Waals surface area contributed by atoms with E-state index in [2.05, 4.69) is 25.3 Å². The van der Waals surface area contributed by atoms with Crippen molar-refractivity contribution in [2.75, 3.05) is 12.4 Å². The monoisotopic (exact) mass is 303 g/mol. The first-order chi connectivity index (χ1) is 10.2. The predicted octanol–water partition coefficient (Wildman–Crippen LogP) is 2.27. The van der Waals surface area contributed by atoms with Crippen molar-refractivity contribution in [2.45, 2.75) is 0 Å². The van der Waals surface area contributed by atoms with Crippen LogP contribution in [0.25, 0.3) is 11.2 Å². The van der Waals surface area contributed by atoms with Crippen molar-refractivity contribution in [3.05, 3.63) is 41.3 Å². The van der Waals surface area contributed by atoms with E-state index in [4.69, 9.17) is 16.3 Å². The summed E-state index contributed by atoms with van der Waals surface area (Å²) < 4.78 is 5.14. The highest BCUT2D eigenvalue weighted by molar-refractivity contribution is 6.33. The molecule has 0 unspecified atom stereocenters. The van der Waals surface area contributed by atoms with Crippen LogP contribution in [0, 0.1) is 0 Å². The number of carbonyl (C=O) groups is 1. The number of fused-ring (bicyclic) bond motifs is 1. The number of hydrogen-bond donors (Lipinski definition) is 2. The van der Waals surface area contributed by atoms with Gasteiger partial charge < -0.3 is 9.72 Å². The van der Waals surface area contributed by atoms with Crippen molar-refractivity contribution in [1.82, 2.24) is 19.9 Å². The quantitative estimate of drug-likeness (QED) is 0.724. The summed E-state index contributed by atoms with van der Waals surface area (Å²) in [6, 6.07) is 6.85. The zero-order chi connectivity index (χ0) is 14.8. The Morgan fingerprint density at radius 3 is 2.95 bits per heavy atom. The van der Waals surface area contributed by atoms with E-state index in [9.17, 15) is 4.79 Å². The highest BCUT2D eigenvalue weighted by Gasteiger charge is 2.15. The maximum absolute atomic E-state index is 12.2. The molecule has 3 aromatic rings. The minimum atomic E-state index is -0.390. The van der Waals surface area contributed by atoms with Gasteiger partial charge in [0.05, 0.1) is 19.0 Å². The first-order valence-electron chi connectivity index (χ1n) is 6.00. The summed E-state index contributed by atoms with van der Waals surface area (Å²) in [4.78, 5) is 27.2. The molecule has 0 radical (unpaired) electrons. The van der Waals surface area contributed by atoms with Gasteiger partial charge in [-0.2, -0.15) is 9.97 Å². The van der Waals surface area contributed by atoms with Gasteiger partial charge in [-0.05, 0) is 12.1 Å². The van der Waals surface area contributed by atoms with E-state index in [1.165, 1.54) is 13.4 Å². The fraction of sp³-hybridized carbons (Fsp3) is 0.0769. The Balaban J connectivity index is 1.92. The third-order valence-electron chi connectivity index (χ3n) is 2.82. The number of amides is 1. The number of halogens is 1. The van der Waals surface area contributed by atoms with E-state index in [0.29, 0.717) is 22.5 Å². The summed E-state index contributed by atoms with van der Waals surface area (Å²) in [7, 11) is 1.50. The van der Waals surface area contributed by atoms with Crippen LogP contribution < -0.4 is 10.1 Å². The van der Waals surface area contributed by atoms with Crippen LogP contribution in [0.15, 0.2) is 30.6 Å². The highest BCUT2D eigenvalue weighted by Crippen LogP contribution is 2.21. The molecule has 0 saturated carbocycles. The molecule has 0 saturated heterocycles. The molecule has 0 spiro atoms. The number of aromatic nitrogens is 4. The molecular formula is C13H10ClN5O2. The summed E-state index contributed by atoms with van der Waals surface area (Å²) in [6.45, 7) is 0. The minimum absolute atomic E-state index is 0.0792. The Labute approximate surface area is 124 Å². The van der Waals surface area contributed by atoms with Crippen LogP contribution in [0.5, 0.6) is 5.75 Å². The van der Waals surface area contributed by atoms with E-state index < -0.39 is 5.91 Å². The second-order valence-electron chi connectivity index (χ2n) is 4.09. The molecule has 0 bridgehead atoms. The molecule has 106 valence electrons. The Hall–Kier alpha value is -2.67. The molecule has 3 rings (SSSR count). The number of nitrogens with one attached hydrogen (secondary N) is 2. The van der Waals surface area contributed by atoms with E-state index in [-0.39, 0.29) is 11.1 Å². The fourth-order valence-corrected chi connectivity index (χ4v) is 2.07. The van der Waals surface area contributed by atoms with Crippen LogP contribution in [0.4, 0.5) is 5.95 Å². The number of imidazole rings is 1. The third-order valence-corrected chi connectivity index (χ3v) is 3.09. The molecule has 0 aliphatic heterocycles. The van der Waals surface area contributed by atoms with Gasteiger partial charge in [0, 0.05) is 0 Å². The van der Waals surface area contributed by atoms with Crippen molar-refractivity contribution in [1.29, 1.82) is 0 Å². The second kappa shape index (κ2) is 5.37. The van der Waals surface area contributed by atoms with E-state index in [0.717, 1.165) is 0 Å². The average molecular weight is 304 g/mol. The van der Waals surface area contributed by atoms with Crippen LogP contribution in [0.3, 0.4) is 0 Å². The average Bonchev–Trinajstić information content (AvgIpc) is 2.96. The zero-order valence-electron chi connectivity index (χ0n) is 10.9. The second-order valence-corrected chi connectivity index (χ2v) is 4.45. The van der Waals surface area contributed by atoms with Crippen molar-refractivity contribution in [3.8, 4) is 5.75 Å². The van der Waals surface area contributed by atoms with E-state index >= 15 is 0 Å². The Morgan fingerprint density at radius 1 is 1.33 bits per heavy atom. The van der Waals surface area contributed by atoms with Gasteiger partial charge in [-0.15, -0.1) is 0 Å². The standard InChI is InChI=1S/C13H10ClN5O2/c1-21-8-5-3-2-4-7(8)12(20)19-13-17-10(14)9-11(18-13)16-6-15-9/h2-6H,1H3,(H2,15,16,17,18,19,20). The molecule has 2 aromatic heterocycles. The van der Waals surface area contributed by atoms with Crippen LogP contribution in [-0.2, 0) is 0 Å². The number of hydrogen-bond acceptors (Lipinski definition) is 5. The van der Waals surface area contributed by atoms with Gasteiger partial charge in [0.15, 0.2) is 10.8 Å². The number of rotatable bonds is 3. The number of H-pyrrole nitrogens is 1. The number of carbonyl (C=O) groups excluding carboxylic acids is 1. The molecule has 1 amide bonds. The lowest BCUT2D eigenvalue weighted by atomic mass is 10.2. The molecule has 2 N–H and O–H groups in total. The first-order valence-corrected chi connectivity index (χ1v) is 6.38. The van der Waals surface area contributed by atoms with Crippen molar-refractivity contribution in [2.24, 2.45) is 0 Å². The van der Waals surface area contributed by atoms with Gasteiger partial charge in [0.25, 0.3) is 5.91 Å². The molecular weight excluding hydrogens is 294 g/mol. The molecule has 2 heterocycles. The number of para-hydroxylation sites is 1. The maximum atomic E-state index is 12.2. The lowest BCUT2D eigenvalue weighted by Crippen LogP contribution is -2.15. The molecule has 21 heavy (non-hydrogen) atoms. The molecule has 7 nitrogen and oxygen atoms in total. The number of ether oxygens (including phenoxy) is 1. The minimum Gasteiger partial charge on any atom is -0.496 e. The Kier molecular flexibility index (Phi) is 3.41. The van der Waals surface area contributed by atoms with Crippen molar-refractivity contribution in [3.63, 3.8) is 0 Å². The number of methoxy groups -OCH3 is 1. The normalized spacial score (nSPS) is 10.6. The number of aromatic amines is 1. The van der Waals surface area contributed by atoms with Gasteiger partial charge >= 0.3 is 0 Å². The lowest BCUT2D eigenvalue weighted by Gasteiger charge is -2.08. The summed E-state index contributed by atoms with van der Waals surface area (Å²) in [6.07, 6.45) is 1.46. The number of nitrogens with zero attached hydrogens (tertiary/aromatic N) is 3. The van der Waals surface area contributed by atoms with Crippen molar-refractivity contribution < 1.29 is 9.53 Å². The number of benzene rings is 1. The summed E-state index contributed by atoms with van der Waals surface area (Å²) in [5, 5.41) is 2.76. The smallest absolute Gasteiger partial charge is 0.261 e. The van der Waals surface area contributed by atoms with Gasteiger partial charge in [-0.1, -0.05) is 23.7 Å². The molecule has 8 heteroatoms. The largest absolute Gasteiger partial charge is 0.496 e. The predicted molar refractivity (Wildman–Crippen MR) is 77.6 cm³/mol. The lowest BCUT2D eigenvalue weighted by molar-refractivity contribution is 0.102. The van der Waals surface area contributed by atoms with E-state index in [1.807, 2.05) is 0 Å². The SMILES string of the molecule is COc1ccccc1C(=O)Nc1nc(Cl)c2[nH]cnc2n1. The summed E-state index contributed by atoms with van der Waals surface area (Å²) in [5.41, 5.74) is 1.28. The maximum Gasteiger partial charge on any atom is 0.261 e. The van der Waals surface area contributed by atoms with Crippen LogP contribution >= 0.6 is 11.6 Å². The van der Waals surface area contributed by atoms with Gasteiger partial charge in [0.1, 0.15) is 11.3 Å². The van der Waals surface area contributed by atoms with Crippen molar-refractivity contribution >= 4 is 34.6 Å². The Morgan fingerprint density at radius 2 is 2.14 bits per heavy atom. The molecule has 0 aliphatic rings. The van der Waals surface area contributed by atoms with Gasteiger partial charge in [-0.25, -0.2) is 4.98 Å². The Bertz CT molecular complexity index is 817. The molecule has 0 aliphatic carbocycles. The molecule has 1 aromatic carbocycles. The highest BCUT2D eigenvalue weighted by atomic mass is 35.5. The van der Waals surface area contributed by atoms with Gasteiger partial charge in [-0.3, -0.25) is 10.1 Å². The third kappa shape index (κ3) is 2.50. The van der Waals surface area contributed by atoms with Gasteiger partial charge in [0.2, 0.25) is 5.95 Å². The zero-order valence-corrected chi connectivity index (χ0v) is 11.7. The van der Waals surface area contributed by atoms with Crippen LogP contribution in [0.1, 0.15) is 10.4 Å². The topological polar surface area (TPSA) is 92.8 Å². The molecule has 0 fully saturated rings. The fourth-order valence-electron chi connectivity index (χ4n) is 1.85.